The number of aliphatic hydroxyl groups excluding tert-OH is 1. The molecule has 0 aromatic heterocycles. The molecule has 0 heterocycles. The molecule has 13 heteroatoms. The van der Waals surface area contributed by atoms with Crippen LogP contribution in [0.1, 0.15) is 40.4 Å². The fourth-order valence-electron chi connectivity index (χ4n) is 8.72. The van der Waals surface area contributed by atoms with E-state index in [1.807, 2.05) is 42.5 Å². The average Bonchev–Trinajstić information content (AvgIpc) is 3.12. The molecule has 2 saturated carbocycles. The van der Waals surface area contributed by atoms with Crippen LogP contribution >= 0.6 is 0 Å². The number of benzene rings is 3. The number of primary amides is 1. The highest BCUT2D eigenvalue weighted by atomic mass is 16.5. The molecule has 4 unspecified atom stereocenters. The molecule has 3 aliphatic rings. The molecular weight excluding hydrogens is 682 g/mol. The van der Waals surface area contributed by atoms with Crippen LogP contribution in [0.25, 0.3) is 11.1 Å². The van der Waals surface area contributed by atoms with Crippen LogP contribution in [0.3, 0.4) is 0 Å². The number of methoxy groups -OCH3 is 1. The second-order valence-electron chi connectivity index (χ2n) is 14.4. The molecular formula is C40H45N3O10. The fourth-order valence-corrected chi connectivity index (χ4v) is 8.72. The van der Waals surface area contributed by atoms with Crippen molar-refractivity contribution in [2.75, 3.05) is 27.8 Å². The standard InChI is InChI=1S/C40H45N3O10/c1-5-53-39(50)27(16-20-9-7-6-8-10-20)42-19-21-11-14-29(52-4)24(15-21)23-12-13-28(44)31-25(23)17-22-18-26-33(43(2)3)35(46)32(38(41)49)37(48)40(26,51)36(47)30(22)34(31)45/h6-15,22,26-27,30,32-33,35,42,44,46,51H,5,16-19H2,1-4H3,(H2,41,49)/t22-,26-,27?,30?,32?,33-,35?,40-/m1/s1. The molecule has 0 radical (unpaired) electrons. The summed E-state index contributed by atoms with van der Waals surface area (Å²) in [6.45, 7) is 2.26. The third kappa shape index (κ3) is 6.52. The van der Waals surface area contributed by atoms with E-state index in [1.165, 1.54) is 13.2 Å². The van der Waals surface area contributed by atoms with Crippen LogP contribution in [0.4, 0.5) is 0 Å². The van der Waals surface area contributed by atoms with Crippen LogP contribution in [0.15, 0.2) is 60.7 Å². The Morgan fingerprint density at radius 3 is 2.38 bits per heavy atom. The van der Waals surface area contributed by atoms with Gasteiger partial charge in [-0.3, -0.25) is 24.0 Å². The summed E-state index contributed by atoms with van der Waals surface area (Å²) in [7, 11) is 4.70. The fraction of sp³-hybridized carbons (Fsp3) is 0.425. The molecule has 53 heavy (non-hydrogen) atoms. The minimum absolute atomic E-state index is 0.0118. The van der Waals surface area contributed by atoms with E-state index in [9.17, 15) is 39.3 Å². The van der Waals surface area contributed by atoms with Crippen LogP contribution < -0.4 is 15.8 Å². The first-order valence-electron chi connectivity index (χ1n) is 17.7. The summed E-state index contributed by atoms with van der Waals surface area (Å²) < 4.78 is 11.1. The van der Waals surface area contributed by atoms with Crippen molar-refractivity contribution < 1.29 is 48.8 Å². The van der Waals surface area contributed by atoms with Gasteiger partial charge in [0.25, 0.3) is 0 Å². The molecule has 13 nitrogen and oxygen atoms in total. The number of ketones is 3. The molecule has 0 aliphatic heterocycles. The number of carbonyl (C=O) groups is 5. The van der Waals surface area contributed by atoms with E-state index in [-0.39, 0.29) is 43.3 Å². The van der Waals surface area contributed by atoms with Crippen LogP contribution in [-0.2, 0) is 43.3 Å². The molecule has 2 fully saturated rings. The molecule has 0 spiro atoms. The maximum atomic E-state index is 14.3. The highest BCUT2D eigenvalue weighted by Crippen LogP contribution is 2.53. The Bertz CT molecular complexity index is 1950. The summed E-state index contributed by atoms with van der Waals surface area (Å²) >= 11 is 0. The molecule has 1 amide bonds. The summed E-state index contributed by atoms with van der Waals surface area (Å²) in [5.41, 5.74) is 6.01. The predicted molar refractivity (Wildman–Crippen MR) is 192 cm³/mol. The Kier molecular flexibility index (Phi) is 10.6. The van der Waals surface area contributed by atoms with Crippen molar-refractivity contribution in [2.45, 2.75) is 56.5 Å². The van der Waals surface area contributed by atoms with Crippen molar-refractivity contribution in [1.82, 2.24) is 10.2 Å². The predicted octanol–water partition coefficient (Wildman–Crippen LogP) is 1.60. The first kappa shape index (κ1) is 37.8. The van der Waals surface area contributed by atoms with Crippen molar-refractivity contribution in [3.63, 3.8) is 0 Å². The van der Waals surface area contributed by atoms with Crippen LogP contribution in [0, 0.1) is 23.7 Å². The van der Waals surface area contributed by atoms with Gasteiger partial charge in [0, 0.05) is 24.1 Å². The first-order chi connectivity index (χ1) is 25.2. The molecule has 6 N–H and O–H groups in total. The van der Waals surface area contributed by atoms with Crippen molar-refractivity contribution in [1.29, 1.82) is 0 Å². The van der Waals surface area contributed by atoms with Crippen molar-refractivity contribution in [2.24, 2.45) is 29.4 Å². The van der Waals surface area contributed by atoms with E-state index in [2.05, 4.69) is 5.32 Å². The van der Waals surface area contributed by atoms with Gasteiger partial charge in [0.1, 0.15) is 23.5 Å². The zero-order valence-corrected chi connectivity index (χ0v) is 30.1. The van der Waals surface area contributed by atoms with Gasteiger partial charge in [0.15, 0.2) is 23.0 Å². The van der Waals surface area contributed by atoms with Gasteiger partial charge in [-0.15, -0.1) is 0 Å². The number of Topliss-reactive ketones (excluding diaryl/α,β-unsaturated/α-hetero) is 3. The second kappa shape index (κ2) is 14.8. The number of nitrogens with zero attached hydrogens (tertiary/aromatic N) is 1. The van der Waals surface area contributed by atoms with Crippen molar-refractivity contribution in [3.05, 3.63) is 82.9 Å². The average molecular weight is 728 g/mol. The van der Waals surface area contributed by atoms with Gasteiger partial charge in [-0.25, -0.2) is 0 Å². The molecule has 3 aromatic rings. The number of phenols is 1. The van der Waals surface area contributed by atoms with E-state index >= 15 is 0 Å². The van der Waals surface area contributed by atoms with Gasteiger partial charge >= 0.3 is 5.97 Å². The summed E-state index contributed by atoms with van der Waals surface area (Å²) in [5, 5.41) is 37.5. The highest BCUT2D eigenvalue weighted by Gasteiger charge is 2.69. The lowest BCUT2D eigenvalue weighted by atomic mass is 9.52. The number of aliphatic hydroxyl groups is 2. The maximum Gasteiger partial charge on any atom is 0.323 e. The Hall–Kier alpha value is -4.95. The normalized spacial score (nSPS) is 27.0. The van der Waals surface area contributed by atoms with Crippen molar-refractivity contribution >= 4 is 29.2 Å². The molecule has 0 saturated heterocycles. The summed E-state index contributed by atoms with van der Waals surface area (Å²) in [5.74, 6) is -9.68. The number of ether oxygens (including phenoxy) is 2. The Morgan fingerprint density at radius 2 is 1.74 bits per heavy atom. The van der Waals surface area contributed by atoms with Crippen LogP contribution in [-0.4, -0.2) is 101 Å². The third-order valence-corrected chi connectivity index (χ3v) is 11.1. The second-order valence-corrected chi connectivity index (χ2v) is 14.4. The van der Waals surface area contributed by atoms with Gasteiger partial charge in [0.05, 0.1) is 31.3 Å². The van der Waals surface area contributed by atoms with Gasteiger partial charge in [-0.05, 0) is 86.7 Å². The monoisotopic (exact) mass is 727 g/mol. The summed E-state index contributed by atoms with van der Waals surface area (Å²) in [6, 6.07) is 16.5. The van der Waals surface area contributed by atoms with E-state index in [0.29, 0.717) is 28.9 Å². The van der Waals surface area contributed by atoms with Crippen LogP contribution in [0.5, 0.6) is 11.5 Å². The number of likely N-dealkylation sites (N-methyl/N-ethyl adjacent to an activating group) is 1. The molecule has 280 valence electrons. The lowest BCUT2D eigenvalue weighted by Gasteiger charge is -2.54. The number of amides is 1. The van der Waals surface area contributed by atoms with Gasteiger partial charge < -0.3 is 40.7 Å². The molecule has 8 atom stereocenters. The van der Waals surface area contributed by atoms with Gasteiger partial charge in [-0.2, -0.15) is 0 Å². The van der Waals surface area contributed by atoms with E-state index in [1.54, 1.807) is 38.1 Å². The Labute approximate surface area is 307 Å². The number of phenolic OH excluding ortho intramolecular Hbond substituents is 1. The zero-order chi connectivity index (χ0) is 38.4. The summed E-state index contributed by atoms with van der Waals surface area (Å²) in [6.07, 6.45) is -1.08. The van der Waals surface area contributed by atoms with Gasteiger partial charge in [-0.1, -0.05) is 42.5 Å². The number of aromatic hydroxyl groups is 1. The molecule has 0 bridgehead atoms. The summed E-state index contributed by atoms with van der Waals surface area (Å²) in [4.78, 5) is 69.0. The number of carbonyl (C=O) groups excluding carboxylic acids is 5. The van der Waals surface area contributed by atoms with Crippen LogP contribution in [0.2, 0.25) is 0 Å². The van der Waals surface area contributed by atoms with Gasteiger partial charge in [0.2, 0.25) is 5.91 Å². The Morgan fingerprint density at radius 1 is 1.02 bits per heavy atom. The minimum atomic E-state index is -2.75. The zero-order valence-electron chi connectivity index (χ0n) is 30.1. The number of esters is 1. The Balaban J connectivity index is 1.37. The number of hydrogen-bond donors (Lipinski definition) is 5. The SMILES string of the molecule is CCOC(=O)C(Cc1ccccc1)NCc1ccc(OC)c(-c2ccc(O)c3c2C[C@@H]2C[C@@H]4[C@@H](N(C)C)C(O)C(C(N)=O)C(=O)[C@]4(O)C(=O)C2C3=O)c1. The van der Waals surface area contributed by atoms with E-state index in [0.717, 1.165) is 11.1 Å². The highest BCUT2D eigenvalue weighted by molar-refractivity contribution is 6.25. The molecule has 3 aromatic carbocycles. The largest absolute Gasteiger partial charge is 0.507 e. The smallest absolute Gasteiger partial charge is 0.323 e. The lowest BCUT2D eigenvalue weighted by molar-refractivity contribution is -0.190. The molecule has 3 aliphatic carbocycles. The quantitative estimate of drug-likeness (QED) is 0.141. The maximum absolute atomic E-state index is 14.3. The number of nitrogens with two attached hydrogens (primary N) is 1. The third-order valence-electron chi connectivity index (χ3n) is 11.1. The number of fused-ring (bicyclic) bond motifs is 3. The number of nitrogens with one attached hydrogen (secondary N) is 1. The van der Waals surface area contributed by atoms with Crippen molar-refractivity contribution in [3.8, 4) is 22.6 Å². The lowest BCUT2D eigenvalue weighted by Crippen LogP contribution is -2.75. The number of hydrogen-bond acceptors (Lipinski definition) is 12. The molecule has 6 rings (SSSR count). The number of rotatable bonds is 11. The minimum Gasteiger partial charge on any atom is -0.507 e. The van der Waals surface area contributed by atoms with E-state index < -0.39 is 70.7 Å². The topological polar surface area (TPSA) is 206 Å². The van der Waals surface area contributed by atoms with E-state index in [4.69, 9.17) is 15.2 Å². The first-order valence-corrected chi connectivity index (χ1v) is 17.7.